The molecule has 0 bridgehead atoms. The molecule has 0 aliphatic carbocycles. The molecule has 30 heavy (non-hydrogen) atoms. The lowest BCUT2D eigenvalue weighted by atomic mass is 10.0. The summed E-state index contributed by atoms with van der Waals surface area (Å²) in [5.74, 6) is 1.11. The highest BCUT2D eigenvalue weighted by Crippen LogP contribution is 2.23. The maximum atomic E-state index is 12.3. The highest BCUT2D eigenvalue weighted by molar-refractivity contribution is 7.99. The Hall–Kier alpha value is -3.12. The van der Waals surface area contributed by atoms with Crippen molar-refractivity contribution >= 4 is 34.1 Å². The number of carbonyl (C=O) groups is 1. The van der Waals surface area contributed by atoms with Gasteiger partial charge < -0.3 is 9.88 Å². The van der Waals surface area contributed by atoms with Crippen molar-refractivity contribution in [1.82, 2.24) is 14.8 Å². The van der Waals surface area contributed by atoms with Gasteiger partial charge >= 0.3 is 0 Å². The summed E-state index contributed by atoms with van der Waals surface area (Å²) >= 11 is 1.39. The molecule has 1 amide bonds. The van der Waals surface area contributed by atoms with E-state index in [1.165, 1.54) is 33.7 Å². The number of amides is 1. The molecule has 0 unspecified atom stereocenters. The number of fused-ring (bicyclic) bond motifs is 1. The molecule has 3 aromatic carbocycles. The van der Waals surface area contributed by atoms with E-state index >= 15 is 0 Å². The third-order valence-electron chi connectivity index (χ3n) is 5.13. The zero-order valence-electron chi connectivity index (χ0n) is 17.1. The van der Waals surface area contributed by atoms with E-state index in [1.807, 2.05) is 41.9 Å². The molecule has 6 heteroatoms. The van der Waals surface area contributed by atoms with E-state index in [4.69, 9.17) is 0 Å². The normalized spacial score (nSPS) is 11.0. The molecule has 0 saturated carbocycles. The zero-order valence-corrected chi connectivity index (χ0v) is 17.9. The van der Waals surface area contributed by atoms with Gasteiger partial charge in [-0.3, -0.25) is 4.79 Å². The number of nitrogens with zero attached hydrogens (tertiary/aromatic N) is 3. The highest BCUT2D eigenvalue weighted by atomic mass is 32.2. The maximum absolute atomic E-state index is 12.3. The Morgan fingerprint density at radius 1 is 1.00 bits per heavy atom. The van der Waals surface area contributed by atoms with Crippen LogP contribution in [0.1, 0.15) is 23.9 Å². The van der Waals surface area contributed by atoms with Crippen LogP contribution in [0, 0.1) is 0 Å². The summed E-state index contributed by atoms with van der Waals surface area (Å²) in [5.41, 5.74) is 3.28. The van der Waals surface area contributed by atoms with Crippen molar-refractivity contribution in [2.75, 3.05) is 11.1 Å². The molecule has 1 heterocycles. The molecular formula is C24H24N4OS. The molecule has 4 aromatic rings. The Kier molecular flexibility index (Phi) is 6.14. The van der Waals surface area contributed by atoms with E-state index in [9.17, 15) is 4.79 Å². The predicted octanol–water partition coefficient (Wildman–Crippen LogP) is 4.85. The molecule has 0 spiro atoms. The van der Waals surface area contributed by atoms with Crippen LogP contribution in [-0.4, -0.2) is 26.4 Å². The van der Waals surface area contributed by atoms with Crippen LogP contribution in [0.15, 0.2) is 71.9 Å². The third kappa shape index (κ3) is 4.54. The SMILES string of the molecule is CCc1ccc(NC(=O)CSc2nnc(Cc3cccc4ccccc34)n2C)cc1. The molecule has 1 aromatic heterocycles. The molecule has 0 aliphatic heterocycles. The van der Waals surface area contributed by atoms with Crippen molar-refractivity contribution in [2.45, 2.75) is 24.9 Å². The van der Waals surface area contributed by atoms with Gasteiger partial charge in [0.1, 0.15) is 5.82 Å². The average molecular weight is 417 g/mol. The molecule has 0 fully saturated rings. The van der Waals surface area contributed by atoms with Gasteiger partial charge in [0.25, 0.3) is 0 Å². The minimum Gasteiger partial charge on any atom is -0.325 e. The van der Waals surface area contributed by atoms with E-state index in [1.54, 1.807) is 0 Å². The smallest absolute Gasteiger partial charge is 0.234 e. The molecule has 1 N–H and O–H groups in total. The van der Waals surface area contributed by atoms with Crippen LogP contribution < -0.4 is 5.32 Å². The van der Waals surface area contributed by atoms with Crippen molar-refractivity contribution in [3.05, 3.63) is 83.7 Å². The first kappa shape index (κ1) is 20.2. The lowest BCUT2D eigenvalue weighted by molar-refractivity contribution is -0.113. The summed E-state index contributed by atoms with van der Waals surface area (Å²) in [6.45, 7) is 2.11. The number of rotatable bonds is 7. The molecule has 0 radical (unpaired) electrons. The number of aromatic nitrogens is 3. The standard InChI is InChI=1S/C24H24N4OS/c1-3-17-11-13-20(14-12-17)25-23(29)16-30-24-27-26-22(28(24)2)15-19-9-6-8-18-7-4-5-10-21(18)19/h4-14H,3,15-16H2,1-2H3,(H,25,29). The van der Waals surface area contributed by atoms with Gasteiger partial charge in [0.2, 0.25) is 5.91 Å². The van der Waals surface area contributed by atoms with Gasteiger partial charge in [-0.2, -0.15) is 0 Å². The number of hydrogen-bond donors (Lipinski definition) is 1. The highest BCUT2D eigenvalue weighted by Gasteiger charge is 2.13. The molecule has 0 aliphatic rings. The van der Waals surface area contributed by atoms with Gasteiger partial charge in [0.05, 0.1) is 5.75 Å². The van der Waals surface area contributed by atoms with Gasteiger partial charge in [-0.1, -0.05) is 73.3 Å². The summed E-state index contributed by atoms with van der Waals surface area (Å²) in [6, 6.07) is 22.6. The van der Waals surface area contributed by atoms with E-state index in [0.29, 0.717) is 6.42 Å². The summed E-state index contributed by atoms with van der Waals surface area (Å²) in [4.78, 5) is 12.3. The fourth-order valence-electron chi connectivity index (χ4n) is 3.39. The maximum Gasteiger partial charge on any atom is 0.234 e. The topological polar surface area (TPSA) is 59.8 Å². The van der Waals surface area contributed by atoms with Crippen molar-refractivity contribution < 1.29 is 4.79 Å². The van der Waals surface area contributed by atoms with Crippen molar-refractivity contribution in [2.24, 2.45) is 7.05 Å². The number of benzene rings is 3. The molecule has 5 nitrogen and oxygen atoms in total. The van der Waals surface area contributed by atoms with Crippen molar-refractivity contribution in [3.63, 3.8) is 0 Å². The van der Waals surface area contributed by atoms with Crippen LogP contribution >= 0.6 is 11.8 Å². The lowest BCUT2D eigenvalue weighted by Crippen LogP contribution is -2.14. The number of aryl methyl sites for hydroxylation is 1. The van der Waals surface area contributed by atoms with E-state index in [-0.39, 0.29) is 11.7 Å². The van der Waals surface area contributed by atoms with Crippen LogP contribution in [0.5, 0.6) is 0 Å². The first-order valence-electron chi connectivity index (χ1n) is 10.0. The first-order valence-corrected chi connectivity index (χ1v) is 11.0. The second kappa shape index (κ2) is 9.13. The fourth-order valence-corrected chi connectivity index (χ4v) is 4.12. The largest absolute Gasteiger partial charge is 0.325 e. The molecule has 0 saturated heterocycles. The number of anilines is 1. The molecular weight excluding hydrogens is 392 g/mol. The molecule has 152 valence electrons. The minimum atomic E-state index is -0.0529. The van der Waals surface area contributed by atoms with Crippen LogP contribution in [0.25, 0.3) is 10.8 Å². The van der Waals surface area contributed by atoms with Crippen LogP contribution in [0.2, 0.25) is 0 Å². The average Bonchev–Trinajstić information content (AvgIpc) is 3.12. The Morgan fingerprint density at radius 2 is 1.77 bits per heavy atom. The van der Waals surface area contributed by atoms with Crippen LogP contribution in [-0.2, 0) is 24.7 Å². The number of hydrogen-bond acceptors (Lipinski definition) is 4. The predicted molar refractivity (Wildman–Crippen MR) is 123 cm³/mol. The third-order valence-corrected chi connectivity index (χ3v) is 6.15. The van der Waals surface area contributed by atoms with Crippen LogP contribution in [0.3, 0.4) is 0 Å². The van der Waals surface area contributed by atoms with Gasteiger partial charge in [-0.25, -0.2) is 0 Å². The molecule has 4 rings (SSSR count). The zero-order chi connectivity index (χ0) is 20.9. The number of nitrogens with one attached hydrogen (secondary N) is 1. The van der Waals surface area contributed by atoms with Gasteiger partial charge in [0.15, 0.2) is 5.16 Å². The summed E-state index contributed by atoms with van der Waals surface area (Å²) in [7, 11) is 1.95. The fraction of sp³-hybridized carbons (Fsp3) is 0.208. The number of thioether (sulfide) groups is 1. The van der Waals surface area contributed by atoms with Crippen molar-refractivity contribution in [3.8, 4) is 0 Å². The first-order chi connectivity index (χ1) is 14.6. The summed E-state index contributed by atoms with van der Waals surface area (Å²) < 4.78 is 1.97. The van der Waals surface area contributed by atoms with Gasteiger partial charge in [0, 0.05) is 19.2 Å². The lowest BCUT2D eigenvalue weighted by Gasteiger charge is -2.08. The second-order valence-electron chi connectivity index (χ2n) is 7.16. The van der Waals surface area contributed by atoms with Crippen molar-refractivity contribution in [1.29, 1.82) is 0 Å². The Labute approximate surface area is 180 Å². The molecule has 0 atom stereocenters. The minimum absolute atomic E-state index is 0.0529. The summed E-state index contributed by atoms with van der Waals surface area (Å²) in [6.07, 6.45) is 1.68. The van der Waals surface area contributed by atoms with Gasteiger partial charge in [-0.05, 0) is 40.5 Å². The van der Waals surface area contributed by atoms with E-state index in [2.05, 4.69) is 58.8 Å². The Bertz CT molecular complexity index is 1160. The monoisotopic (exact) mass is 416 g/mol. The van der Waals surface area contributed by atoms with E-state index < -0.39 is 0 Å². The number of carbonyl (C=O) groups excluding carboxylic acids is 1. The second-order valence-corrected chi connectivity index (χ2v) is 8.10. The van der Waals surface area contributed by atoms with Gasteiger partial charge in [-0.15, -0.1) is 10.2 Å². The Morgan fingerprint density at radius 3 is 2.57 bits per heavy atom. The van der Waals surface area contributed by atoms with Crippen LogP contribution in [0.4, 0.5) is 5.69 Å². The summed E-state index contributed by atoms with van der Waals surface area (Å²) in [5, 5.41) is 14.8. The van der Waals surface area contributed by atoms with E-state index in [0.717, 1.165) is 23.1 Å². The Balaban J connectivity index is 1.40. The quantitative estimate of drug-likeness (QED) is 0.438.